The summed E-state index contributed by atoms with van der Waals surface area (Å²) in [6.45, 7) is 5.04. The number of amides is 1. The van der Waals surface area contributed by atoms with Crippen LogP contribution in [0.1, 0.15) is 25.8 Å². The Morgan fingerprint density at radius 2 is 1.95 bits per heavy atom. The van der Waals surface area contributed by atoms with E-state index in [1.807, 2.05) is 38.1 Å². The number of nitrogens with zero attached hydrogens (tertiary/aromatic N) is 1. The van der Waals surface area contributed by atoms with Gasteiger partial charge < -0.3 is 15.4 Å². The highest BCUT2D eigenvalue weighted by Gasteiger charge is 2.11. The summed E-state index contributed by atoms with van der Waals surface area (Å²) in [5.74, 6) is 0.921. The van der Waals surface area contributed by atoms with Crippen LogP contribution in [0.5, 0.6) is 5.75 Å². The molecule has 0 spiro atoms. The van der Waals surface area contributed by atoms with E-state index in [4.69, 9.17) is 10.5 Å². The summed E-state index contributed by atoms with van der Waals surface area (Å²) in [6, 6.07) is 7.69. The van der Waals surface area contributed by atoms with Crippen LogP contribution in [0.4, 0.5) is 0 Å². The standard InChI is InChI=1S/C14H22N2O2.ClH/c1-4-18-13-7-5-12(6-8-13)10-16(3)14(17)9-11(2)15;/h5-8,11H,4,9-10,15H2,1-3H3;1H. The van der Waals surface area contributed by atoms with Crippen LogP contribution in [-0.2, 0) is 11.3 Å². The lowest BCUT2D eigenvalue weighted by atomic mass is 10.2. The van der Waals surface area contributed by atoms with Crippen LogP contribution in [0.25, 0.3) is 0 Å². The van der Waals surface area contributed by atoms with Crippen molar-refractivity contribution >= 4 is 18.3 Å². The van der Waals surface area contributed by atoms with Crippen molar-refractivity contribution in [1.29, 1.82) is 0 Å². The molecule has 108 valence electrons. The van der Waals surface area contributed by atoms with E-state index >= 15 is 0 Å². The van der Waals surface area contributed by atoms with E-state index in [9.17, 15) is 4.79 Å². The predicted molar refractivity (Wildman–Crippen MR) is 79.6 cm³/mol. The minimum Gasteiger partial charge on any atom is -0.494 e. The molecule has 5 heteroatoms. The topological polar surface area (TPSA) is 55.6 Å². The highest BCUT2D eigenvalue weighted by atomic mass is 35.5. The van der Waals surface area contributed by atoms with Crippen LogP contribution >= 0.6 is 12.4 Å². The molecular weight excluding hydrogens is 264 g/mol. The fourth-order valence-corrected chi connectivity index (χ4v) is 1.65. The molecule has 0 radical (unpaired) electrons. The van der Waals surface area contributed by atoms with Gasteiger partial charge in [0.05, 0.1) is 6.61 Å². The molecule has 0 fully saturated rings. The Morgan fingerprint density at radius 1 is 1.37 bits per heavy atom. The van der Waals surface area contributed by atoms with Crippen molar-refractivity contribution < 1.29 is 9.53 Å². The molecule has 1 aromatic rings. The van der Waals surface area contributed by atoms with Gasteiger partial charge in [0.2, 0.25) is 5.91 Å². The van der Waals surface area contributed by atoms with Crippen LogP contribution in [0.15, 0.2) is 24.3 Å². The second kappa shape index (κ2) is 8.77. The minimum absolute atomic E-state index is 0. The Balaban J connectivity index is 0.00000324. The SMILES string of the molecule is CCOc1ccc(CN(C)C(=O)CC(C)N)cc1.Cl. The second-order valence-corrected chi connectivity index (χ2v) is 4.51. The first-order valence-electron chi connectivity index (χ1n) is 6.24. The van der Waals surface area contributed by atoms with Crippen LogP contribution in [0.2, 0.25) is 0 Å². The summed E-state index contributed by atoms with van der Waals surface area (Å²) in [5.41, 5.74) is 6.70. The van der Waals surface area contributed by atoms with E-state index in [-0.39, 0.29) is 24.4 Å². The molecular formula is C14H23ClN2O2. The molecule has 0 aliphatic rings. The molecule has 0 saturated carbocycles. The summed E-state index contributed by atoms with van der Waals surface area (Å²) in [4.78, 5) is 13.4. The minimum atomic E-state index is -0.0970. The Hall–Kier alpha value is -1.26. The van der Waals surface area contributed by atoms with E-state index in [1.165, 1.54) is 0 Å². The van der Waals surface area contributed by atoms with Crippen LogP contribution in [0, 0.1) is 0 Å². The van der Waals surface area contributed by atoms with Crippen LogP contribution in [0.3, 0.4) is 0 Å². The molecule has 0 aromatic heterocycles. The summed E-state index contributed by atoms with van der Waals surface area (Å²) < 4.78 is 5.37. The molecule has 19 heavy (non-hydrogen) atoms. The van der Waals surface area contributed by atoms with Gasteiger partial charge in [0, 0.05) is 26.1 Å². The van der Waals surface area contributed by atoms with E-state index in [0.717, 1.165) is 11.3 Å². The number of benzene rings is 1. The number of hydrogen-bond acceptors (Lipinski definition) is 3. The number of nitrogens with two attached hydrogens (primary N) is 1. The molecule has 1 rings (SSSR count). The summed E-state index contributed by atoms with van der Waals surface area (Å²) in [7, 11) is 1.79. The second-order valence-electron chi connectivity index (χ2n) is 4.51. The lowest BCUT2D eigenvalue weighted by molar-refractivity contribution is -0.130. The van der Waals surface area contributed by atoms with Gasteiger partial charge in [-0.15, -0.1) is 12.4 Å². The van der Waals surface area contributed by atoms with Crippen molar-refractivity contribution in [2.75, 3.05) is 13.7 Å². The number of hydrogen-bond donors (Lipinski definition) is 1. The summed E-state index contributed by atoms with van der Waals surface area (Å²) >= 11 is 0. The molecule has 0 aliphatic heterocycles. The predicted octanol–water partition coefficient (Wildman–Crippen LogP) is 2.20. The number of carbonyl (C=O) groups excluding carboxylic acids is 1. The summed E-state index contributed by atoms with van der Waals surface area (Å²) in [5, 5.41) is 0. The van der Waals surface area contributed by atoms with Gasteiger partial charge in [0.1, 0.15) is 5.75 Å². The molecule has 0 heterocycles. The van der Waals surface area contributed by atoms with Crippen molar-refractivity contribution in [2.45, 2.75) is 32.9 Å². The van der Waals surface area contributed by atoms with Gasteiger partial charge in [0.15, 0.2) is 0 Å². The molecule has 0 aliphatic carbocycles. The third-order valence-electron chi connectivity index (χ3n) is 2.58. The van der Waals surface area contributed by atoms with E-state index < -0.39 is 0 Å². The highest BCUT2D eigenvalue weighted by Crippen LogP contribution is 2.13. The zero-order valence-corrected chi connectivity index (χ0v) is 12.6. The largest absolute Gasteiger partial charge is 0.494 e. The first-order valence-corrected chi connectivity index (χ1v) is 6.24. The maximum absolute atomic E-state index is 11.7. The van der Waals surface area contributed by atoms with Crippen LogP contribution < -0.4 is 10.5 Å². The van der Waals surface area contributed by atoms with Crippen molar-refractivity contribution in [3.05, 3.63) is 29.8 Å². The Labute approximate surface area is 121 Å². The van der Waals surface area contributed by atoms with Gasteiger partial charge >= 0.3 is 0 Å². The number of carbonyl (C=O) groups is 1. The first kappa shape index (κ1) is 17.7. The van der Waals surface area contributed by atoms with Gasteiger partial charge in [-0.1, -0.05) is 12.1 Å². The average molecular weight is 287 g/mol. The first-order chi connectivity index (χ1) is 8.52. The maximum atomic E-state index is 11.7. The van der Waals surface area contributed by atoms with Crippen LogP contribution in [-0.4, -0.2) is 30.5 Å². The quantitative estimate of drug-likeness (QED) is 0.872. The fourth-order valence-electron chi connectivity index (χ4n) is 1.65. The highest BCUT2D eigenvalue weighted by molar-refractivity contribution is 5.85. The molecule has 2 N–H and O–H groups in total. The molecule has 1 amide bonds. The normalized spacial score (nSPS) is 11.4. The Bertz CT molecular complexity index is 380. The van der Waals surface area contributed by atoms with Gasteiger partial charge in [-0.25, -0.2) is 0 Å². The summed E-state index contributed by atoms with van der Waals surface area (Å²) in [6.07, 6.45) is 0.382. The molecule has 0 bridgehead atoms. The van der Waals surface area contributed by atoms with E-state index in [0.29, 0.717) is 19.6 Å². The fraction of sp³-hybridized carbons (Fsp3) is 0.500. The van der Waals surface area contributed by atoms with Crippen molar-refractivity contribution in [3.63, 3.8) is 0 Å². The average Bonchev–Trinajstić information content (AvgIpc) is 2.31. The lowest BCUT2D eigenvalue weighted by Gasteiger charge is -2.18. The number of ether oxygens (including phenoxy) is 1. The van der Waals surface area contributed by atoms with E-state index in [2.05, 4.69) is 0 Å². The third kappa shape index (κ3) is 6.45. The molecule has 1 unspecified atom stereocenters. The van der Waals surface area contributed by atoms with Crippen molar-refractivity contribution in [2.24, 2.45) is 5.73 Å². The Kier molecular flexibility index (Phi) is 8.19. The molecule has 1 atom stereocenters. The lowest BCUT2D eigenvalue weighted by Crippen LogP contribution is -2.31. The molecule has 4 nitrogen and oxygen atoms in total. The van der Waals surface area contributed by atoms with Crippen molar-refractivity contribution in [1.82, 2.24) is 4.90 Å². The molecule has 0 saturated heterocycles. The zero-order chi connectivity index (χ0) is 13.5. The van der Waals surface area contributed by atoms with Crippen molar-refractivity contribution in [3.8, 4) is 5.75 Å². The van der Waals surface area contributed by atoms with Gasteiger partial charge in [-0.05, 0) is 31.5 Å². The Morgan fingerprint density at radius 3 is 2.42 bits per heavy atom. The monoisotopic (exact) mass is 286 g/mol. The van der Waals surface area contributed by atoms with Gasteiger partial charge in [-0.3, -0.25) is 4.79 Å². The number of halogens is 1. The molecule has 1 aromatic carbocycles. The van der Waals surface area contributed by atoms with E-state index in [1.54, 1.807) is 11.9 Å². The maximum Gasteiger partial charge on any atom is 0.224 e. The van der Waals surface area contributed by atoms with Gasteiger partial charge in [-0.2, -0.15) is 0 Å². The smallest absolute Gasteiger partial charge is 0.224 e. The number of rotatable bonds is 6. The third-order valence-corrected chi connectivity index (χ3v) is 2.58. The van der Waals surface area contributed by atoms with Gasteiger partial charge in [0.25, 0.3) is 0 Å². The zero-order valence-electron chi connectivity index (χ0n) is 11.8.